The van der Waals surface area contributed by atoms with Crippen molar-refractivity contribution < 1.29 is 24.3 Å². The van der Waals surface area contributed by atoms with E-state index in [1.165, 1.54) is 0 Å². The molecule has 0 saturated heterocycles. The first-order chi connectivity index (χ1) is 15.4. The minimum Gasteiger partial charge on any atom is -0.384 e. The molecule has 0 aromatic heterocycles. The first-order valence-corrected chi connectivity index (χ1v) is 10.8. The summed E-state index contributed by atoms with van der Waals surface area (Å²) in [6, 6.07) is 11.7. The number of aldehydes is 1. The summed E-state index contributed by atoms with van der Waals surface area (Å²) in [5.74, 6) is -1.08. The molecule has 2 aromatic carbocycles. The highest BCUT2D eigenvalue weighted by Crippen LogP contribution is 2.41. The molecule has 2 aliphatic rings. The van der Waals surface area contributed by atoms with Crippen LogP contribution in [0.25, 0.3) is 0 Å². The third-order valence-corrected chi connectivity index (χ3v) is 5.85. The van der Waals surface area contributed by atoms with Gasteiger partial charge in [0, 0.05) is 39.8 Å². The van der Waals surface area contributed by atoms with Crippen LogP contribution >= 0.6 is 0 Å². The lowest BCUT2D eigenvalue weighted by Gasteiger charge is -2.28. The number of carbonyl (C=O) groups excluding carboxylic acids is 4. The SMILES string of the molecule is CC.CC1=C(C2=C(C)C(O)c3ccc(CCC=O)cc3C2=O)C(=O)c2ccccc2C1=O. The van der Waals surface area contributed by atoms with Crippen LogP contribution in [0.2, 0.25) is 0 Å². The first-order valence-electron chi connectivity index (χ1n) is 10.8. The molecule has 0 fully saturated rings. The van der Waals surface area contributed by atoms with Gasteiger partial charge in [0.05, 0.1) is 0 Å². The van der Waals surface area contributed by atoms with Crippen LogP contribution in [-0.2, 0) is 11.2 Å². The van der Waals surface area contributed by atoms with Gasteiger partial charge in [-0.1, -0.05) is 50.2 Å². The largest absolute Gasteiger partial charge is 0.384 e. The fourth-order valence-corrected chi connectivity index (χ4v) is 4.21. The van der Waals surface area contributed by atoms with Gasteiger partial charge in [-0.3, -0.25) is 14.4 Å². The summed E-state index contributed by atoms with van der Waals surface area (Å²) in [6.45, 7) is 7.15. The summed E-state index contributed by atoms with van der Waals surface area (Å²) in [5.41, 5.74) is 2.84. The number of aliphatic hydroxyl groups excluding tert-OH is 1. The van der Waals surface area contributed by atoms with Crippen molar-refractivity contribution in [3.8, 4) is 0 Å². The molecule has 0 spiro atoms. The molecule has 0 aliphatic heterocycles. The highest BCUT2D eigenvalue weighted by atomic mass is 16.3. The zero-order valence-corrected chi connectivity index (χ0v) is 18.7. The zero-order chi connectivity index (χ0) is 23.6. The van der Waals surface area contributed by atoms with Crippen LogP contribution in [0.3, 0.4) is 0 Å². The van der Waals surface area contributed by atoms with Gasteiger partial charge in [-0.05, 0) is 43.0 Å². The van der Waals surface area contributed by atoms with E-state index in [1.807, 2.05) is 13.8 Å². The maximum Gasteiger partial charge on any atom is 0.194 e. The molecule has 1 unspecified atom stereocenters. The van der Waals surface area contributed by atoms with E-state index >= 15 is 0 Å². The molecule has 32 heavy (non-hydrogen) atoms. The van der Waals surface area contributed by atoms with Crippen LogP contribution in [0.1, 0.15) is 82.4 Å². The van der Waals surface area contributed by atoms with E-state index in [0.29, 0.717) is 35.1 Å². The average Bonchev–Trinajstić information content (AvgIpc) is 2.83. The predicted molar refractivity (Wildman–Crippen MR) is 122 cm³/mol. The molecule has 2 aromatic rings. The zero-order valence-electron chi connectivity index (χ0n) is 18.7. The molecule has 0 radical (unpaired) electrons. The molecule has 0 heterocycles. The Morgan fingerprint density at radius 2 is 1.44 bits per heavy atom. The van der Waals surface area contributed by atoms with Crippen molar-refractivity contribution in [3.05, 3.63) is 92.6 Å². The molecule has 5 heteroatoms. The number of ketones is 3. The molecule has 164 valence electrons. The molecule has 0 saturated carbocycles. The van der Waals surface area contributed by atoms with Crippen molar-refractivity contribution in [2.24, 2.45) is 0 Å². The van der Waals surface area contributed by atoms with E-state index in [9.17, 15) is 24.3 Å². The highest BCUT2D eigenvalue weighted by molar-refractivity contribution is 6.33. The van der Waals surface area contributed by atoms with Crippen molar-refractivity contribution in [3.63, 3.8) is 0 Å². The van der Waals surface area contributed by atoms with Gasteiger partial charge in [0.1, 0.15) is 12.4 Å². The molecule has 2 aliphatic carbocycles. The molecule has 0 amide bonds. The van der Waals surface area contributed by atoms with Crippen LogP contribution in [0.5, 0.6) is 0 Å². The Labute approximate surface area is 187 Å². The summed E-state index contributed by atoms with van der Waals surface area (Å²) < 4.78 is 0. The van der Waals surface area contributed by atoms with Gasteiger partial charge >= 0.3 is 0 Å². The second-order valence-corrected chi connectivity index (χ2v) is 7.62. The van der Waals surface area contributed by atoms with Crippen LogP contribution in [0.4, 0.5) is 0 Å². The maximum absolute atomic E-state index is 13.5. The van der Waals surface area contributed by atoms with Gasteiger partial charge in [-0.2, -0.15) is 0 Å². The van der Waals surface area contributed by atoms with E-state index in [0.717, 1.165) is 11.8 Å². The lowest BCUT2D eigenvalue weighted by atomic mass is 9.74. The Morgan fingerprint density at radius 3 is 2.06 bits per heavy atom. The average molecular weight is 431 g/mol. The number of aryl methyl sites for hydroxylation is 1. The number of rotatable bonds is 4. The number of hydrogen-bond acceptors (Lipinski definition) is 5. The number of Topliss-reactive ketones (excluding diaryl/α,β-unsaturated/α-hetero) is 3. The van der Waals surface area contributed by atoms with Crippen molar-refractivity contribution in [2.45, 2.75) is 46.6 Å². The minimum atomic E-state index is -1.06. The highest BCUT2D eigenvalue weighted by Gasteiger charge is 2.39. The fraction of sp³-hybridized carbons (Fsp3) is 0.259. The maximum atomic E-state index is 13.5. The molecule has 0 bridgehead atoms. The van der Waals surface area contributed by atoms with Crippen molar-refractivity contribution >= 4 is 23.6 Å². The second-order valence-electron chi connectivity index (χ2n) is 7.62. The molecule has 1 atom stereocenters. The minimum absolute atomic E-state index is 0.0594. The van der Waals surface area contributed by atoms with Crippen molar-refractivity contribution in [1.82, 2.24) is 0 Å². The third-order valence-electron chi connectivity index (χ3n) is 5.85. The number of hydrogen-bond donors (Lipinski definition) is 1. The lowest BCUT2D eigenvalue weighted by molar-refractivity contribution is -0.107. The standard InChI is InChI=1S/C25H20O5.C2H6/c1-13-20(24(29)17-8-4-3-7-16(17)22(13)27)21-14(2)23(28)18-10-9-15(6-5-11-26)12-19(18)25(21)30;1-2/h3-4,7-12,23,28H,5-6H2,1-2H3;1-2H3. The lowest BCUT2D eigenvalue weighted by Crippen LogP contribution is -2.28. The number of fused-ring (bicyclic) bond motifs is 2. The van der Waals surface area contributed by atoms with Crippen LogP contribution in [-0.4, -0.2) is 28.7 Å². The Kier molecular flexibility index (Phi) is 6.80. The summed E-state index contributed by atoms with van der Waals surface area (Å²) in [5, 5.41) is 10.9. The molecular weight excluding hydrogens is 404 g/mol. The monoisotopic (exact) mass is 430 g/mol. The Bertz CT molecular complexity index is 1200. The van der Waals surface area contributed by atoms with E-state index in [1.54, 1.807) is 56.3 Å². The fourth-order valence-electron chi connectivity index (χ4n) is 4.21. The summed E-state index contributed by atoms with van der Waals surface area (Å²) in [6.07, 6.45) is 0.549. The van der Waals surface area contributed by atoms with Gasteiger partial charge in [0.25, 0.3) is 0 Å². The van der Waals surface area contributed by atoms with Crippen LogP contribution in [0.15, 0.2) is 64.8 Å². The second kappa shape index (κ2) is 9.37. The number of benzene rings is 2. The Hall–Kier alpha value is -3.44. The number of allylic oxidation sites excluding steroid dienone is 3. The van der Waals surface area contributed by atoms with Crippen molar-refractivity contribution in [2.75, 3.05) is 0 Å². The normalized spacial score (nSPS) is 17.5. The molecular formula is C27H26O5. The smallest absolute Gasteiger partial charge is 0.194 e. The van der Waals surface area contributed by atoms with Gasteiger partial charge in [0.2, 0.25) is 0 Å². The molecule has 4 rings (SSSR count). The summed E-state index contributed by atoms with van der Waals surface area (Å²) in [4.78, 5) is 50.3. The molecule has 1 N–H and O–H groups in total. The van der Waals surface area contributed by atoms with Gasteiger partial charge in [-0.25, -0.2) is 0 Å². The first kappa shape index (κ1) is 23.2. The Balaban J connectivity index is 0.00000141. The van der Waals surface area contributed by atoms with Crippen molar-refractivity contribution in [1.29, 1.82) is 0 Å². The van der Waals surface area contributed by atoms with E-state index in [-0.39, 0.29) is 28.1 Å². The Morgan fingerprint density at radius 1 is 0.844 bits per heavy atom. The van der Waals surface area contributed by atoms with Crippen LogP contribution in [0, 0.1) is 0 Å². The summed E-state index contributed by atoms with van der Waals surface area (Å²) >= 11 is 0. The van der Waals surface area contributed by atoms with Gasteiger partial charge < -0.3 is 9.90 Å². The van der Waals surface area contributed by atoms with E-state index < -0.39 is 17.7 Å². The van der Waals surface area contributed by atoms with Crippen LogP contribution < -0.4 is 0 Å². The van der Waals surface area contributed by atoms with Gasteiger partial charge in [-0.15, -0.1) is 0 Å². The van der Waals surface area contributed by atoms with Gasteiger partial charge in [0.15, 0.2) is 17.3 Å². The molecule has 5 nitrogen and oxygen atoms in total. The topological polar surface area (TPSA) is 88.5 Å². The quantitative estimate of drug-likeness (QED) is 0.705. The predicted octanol–water partition coefficient (Wildman–Crippen LogP) is 4.79. The summed E-state index contributed by atoms with van der Waals surface area (Å²) in [7, 11) is 0. The van der Waals surface area contributed by atoms with E-state index in [4.69, 9.17) is 0 Å². The number of aliphatic hydroxyl groups is 1. The number of carbonyl (C=O) groups is 4. The third kappa shape index (κ3) is 3.69. The van der Waals surface area contributed by atoms with E-state index in [2.05, 4.69) is 0 Å².